The second-order valence-corrected chi connectivity index (χ2v) is 7.08. The second-order valence-electron chi connectivity index (χ2n) is 5.24. The van der Waals surface area contributed by atoms with Gasteiger partial charge >= 0.3 is 0 Å². The van der Waals surface area contributed by atoms with Crippen LogP contribution in [0, 0.1) is 5.92 Å². The van der Waals surface area contributed by atoms with Crippen molar-refractivity contribution in [2.45, 2.75) is 12.5 Å². The Morgan fingerprint density at radius 3 is 2.86 bits per heavy atom. The van der Waals surface area contributed by atoms with Gasteiger partial charge in [-0.05, 0) is 18.6 Å². The summed E-state index contributed by atoms with van der Waals surface area (Å²) in [5.41, 5.74) is 0.866. The fourth-order valence-electron chi connectivity index (χ4n) is 2.35. The van der Waals surface area contributed by atoms with Crippen LogP contribution < -0.4 is 4.72 Å². The summed E-state index contributed by atoms with van der Waals surface area (Å²) in [6.07, 6.45) is 2.67. The first-order valence-electron chi connectivity index (χ1n) is 6.65. The molecule has 2 atom stereocenters. The highest BCUT2D eigenvalue weighted by Crippen LogP contribution is 2.20. The number of aliphatic hydroxyl groups is 1. The number of sulfonamides is 1. The van der Waals surface area contributed by atoms with E-state index in [4.69, 9.17) is 0 Å². The topological polar surface area (TPSA) is 99.6 Å². The molecule has 2 heterocycles. The van der Waals surface area contributed by atoms with Crippen LogP contribution in [-0.4, -0.2) is 61.3 Å². The third kappa shape index (κ3) is 4.76. The van der Waals surface area contributed by atoms with Gasteiger partial charge in [0, 0.05) is 30.9 Å². The van der Waals surface area contributed by atoms with Crippen molar-refractivity contribution in [3.8, 4) is 0 Å². The van der Waals surface area contributed by atoms with Crippen molar-refractivity contribution < 1.29 is 18.3 Å². The SMILES string of the molecule is CS(=O)(=O)NCC(=O)N1C[C@@H](Cc2ccccn2)[C@H](O)C1. The van der Waals surface area contributed by atoms with Crippen molar-refractivity contribution in [1.29, 1.82) is 0 Å². The molecule has 0 bridgehead atoms. The van der Waals surface area contributed by atoms with E-state index in [2.05, 4.69) is 9.71 Å². The fourth-order valence-corrected chi connectivity index (χ4v) is 2.74. The van der Waals surface area contributed by atoms with E-state index in [0.717, 1.165) is 11.9 Å². The summed E-state index contributed by atoms with van der Waals surface area (Å²) >= 11 is 0. The molecule has 1 aromatic rings. The van der Waals surface area contributed by atoms with Crippen molar-refractivity contribution in [3.05, 3.63) is 30.1 Å². The summed E-state index contributed by atoms with van der Waals surface area (Å²) in [5, 5.41) is 10.0. The maximum absolute atomic E-state index is 11.9. The molecule has 1 aliphatic rings. The summed E-state index contributed by atoms with van der Waals surface area (Å²) in [6, 6.07) is 5.58. The Balaban J connectivity index is 1.90. The number of nitrogens with zero attached hydrogens (tertiary/aromatic N) is 2. The van der Waals surface area contributed by atoms with Gasteiger partial charge in [-0.15, -0.1) is 0 Å². The molecule has 21 heavy (non-hydrogen) atoms. The minimum Gasteiger partial charge on any atom is -0.391 e. The Bertz CT molecular complexity index is 591. The first kappa shape index (κ1) is 15.9. The Morgan fingerprint density at radius 1 is 1.48 bits per heavy atom. The molecule has 116 valence electrons. The number of hydrogen-bond acceptors (Lipinski definition) is 5. The van der Waals surface area contributed by atoms with E-state index in [0.29, 0.717) is 13.0 Å². The van der Waals surface area contributed by atoms with Gasteiger partial charge in [-0.25, -0.2) is 13.1 Å². The molecule has 1 saturated heterocycles. The lowest BCUT2D eigenvalue weighted by Crippen LogP contribution is -2.39. The number of carbonyl (C=O) groups excluding carboxylic acids is 1. The number of aromatic nitrogens is 1. The molecule has 7 nitrogen and oxygen atoms in total. The minimum absolute atomic E-state index is 0.0814. The van der Waals surface area contributed by atoms with Crippen LogP contribution >= 0.6 is 0 Å². The largest absolute Gasteiger partial charge is 0.391 e. The van der Waals surface area contributed by atoms with Crippen LogP contribution in [0.4, 0.5) is 0 Å². The number of β-amino-alcohol motifs (C(OH)–C–C–N with tert-alkyl or cyclic N) is 1. The summed E-state index contributed by atoms with van der Waals surface area (Å²) in [4.78, 5) is 17.6. The molecule has 8 heteroatoms. The highest BCUT2D eigenvalue weighted by atomic mass is 32.2. The van der Waals surface area contributed by atoms with E-state index in [1.165, 1.54) is 4.90 Å². The third-order valence-corrected chi connectivity index (χ3v) is 4.11. The number of aliphatic hydroxyl groups excluding tert-OH is 1. The Labute approximate surface area is 124 Å². The standard InChI is InChI=1S/C13H19N3O4S/c1-21(19,20)15-7-13(18)16-8-10(12(17)9-16)6-11-4-2-3-5-14-11/h2-5,10,12,15,17H,6-9H2,1H3/t10-,12-/m1/s1. The molecule has 0 aromatic carbocycles. The number of likely N-dealkylation sites (tertiary alicyclic amines) is 1. The molecule has 0 unspecified atom stereocenters. The van der Waals surface area contributed by atoms with Crippen LogP contribution in [0.5, 0.6) is 0 Å². The van der Waals surface area contributed by atoms with Crippen LogP contribution in [0.3, 0.4) is 0 Å². The first-order valence-corrected chi connectivity index (χ1v) is 8.54. The van der Waals surface area contributed by atoms with E-state index in [1.807, 2.05) is 18.2 Å². The lowest BCUT2D eigenvalue weighted by atomic mass is 10.00. The Morgan fingerprint density at radius 2 is 2.24 bits per heavy atom. The quantitative estimate of drug-likeness (QED) is 0.726. The Hall–Kier alpha value is -1.51. The maximum Gasteiger partial charge on any atom is 0.237 e. The van der Waals surface area contributed by atoms with Crippen molar-refractivity contribution in [3.63, 3.8) is 0 Å². The highest BCUT2D eigenvalue weighted by molar-refractivity contribution is 7.88. The number of nitrogens with one attached hydrogen (secondary N) is 1. The predicted octanol–water partition coefficient (Wildman–Crippen LogP) is -1.01. The number of carbonyl (C=O) groups is 1. The van der Waals surface area contributed by atoms with Crippen LogP contribution in [0.15, 0.2) is 24.4 Å². The van der Waals surface area contributed by atoms with Crippen LogP contribution in [0.2, 0.25) is 0 Å². The smallest absolute Gasteiger partial charge is 0.237 e. The predicted molar refractivity (Wildman–Crippen MR) is 76.9 cm³/mol. The zero-order valence-electron chi connectivity index (χ0n) is 11.8. The van der Waals surface area contributed by atoms with Gasteiger partial charge in [0.05, 0.1) is 18.9 Å². The van der Waals surface area contributed by atoms with Gasteiger partial charge in [-0.3, -0.25) is 9.78 Å². The van der Waals surface area contributed by atoms with Crippen molar-refractivity contribution in [2.75, 3.05) is 25.9 Å². The zero-order chi connectivity index (χ0) is 15.5. The molecule has 0 radical (unpaired) electrons. The lowest BCUT2D eigenvalue weighted by Gasteiger charge is -2.16. The Kier molecular flexibility index (Phi) is 4.92. The van der Waals surface area contributed by atoms with Gasteiger partial charge in [0.1, 0.15) is 0 Å². The summed E-state index contributed by atoms with van der Waals surface area (Å²) in [5.74, 6) is -0.412. The van der Waals surface area contributed by atoms with E-state index < -0.39 is 16.1 Å². The van der Waals surface area contributed by atoms with Crippen LogP contribution in [0.25, 0.3) is 0 Å². The van der Waals surface area contributed by atoms with Gasteiger partial charge in [0.2, 0.25) is 15.9 Å². The third-order valence-electron chi connectivity index (χ3n) is 3.44. The molecule has 0 spiro atoms. The van der Waals surface area contributed by atoms with Gasteiger partial charge in [-0.2, -0.15) is 0 Å². The van der Waals surface area contributed by atoms with Gasteiger partial charge in [0.25, 0.3) is 0 Å². The van der Waals surface area contributed by atoms with Gasteiger partial charge < -0.3 is 10.0 Å². The molecule has 2 rings (SSSR count). The molecule has 1 amide bonds. The average Bonchev–Trinajstić information content (AvgIpc) is 2.78. The molecule has 0 aliphatic carbocycles. The fraction of sp³-hybridized carbons (Fsp3) is 0.538. The summed E-state index contributed by atoms with van der Waals surface area (Å²) in [7, 11) is -3.39. The van der Waals surface area contributed by atoms with Crippen LogP contribution in [0.1, 0.15) is 5.69 Å². The van der Waals surface area contributed by atoms with Crippen LogP contribution in [-0.2, 0) is 21.2 Å². The molecule has 1 aromatic heterocycles. The lowest BCUT2D eigenvalue weighted by molar-refractivity contribution is -0.129. The summed E-state index contributed by atoms with van der Waals surface area (Å²) in [6.45, 7) is 0.353. The van der Waals surface area contributed by atoms with Gasteiger partial charge in [-0.1, -0.05) is 6.07 Å². The molecular weight excluding hydrogens is 294 g/mol. The molecule has 1 fully saturated rings. The zero-order valence-corrected chi connectivity index (χ0v) is 12.6. The maximum atomic E-state index is 11.9. The van der Waals surface area contributed by atoms with E-state index in [-0.39, 0.29) is 24.9 Å². The van der Waals surface area contributed by atoms with Crippen molar-refractivity contribution in [2.24, 2.45) is 5.92 Å². The minimum atomic E-state index is -3.39. The number of amides is 1. The number of rotatable bonds is 5. The molecular formula is C13H19N3O4S. The van der Waals surface area contributed by atoms with Gasteiger partial charge in [0.15, 0.2) is 0 Å². The average molecular weight is 313 g/mol. The number of hydrogen-bond donors (Lipinski definition) is 2. The molecule has 1 aliphatic heterocycles. The second kappa shape index (κ2) is 6.50. The van der Waals surface area contributed by atoms with Crippen molar-refractivity contribution in [1.82, 2.24) is 14.6 Å². The highest BCUT2D eigenvalue weighted by Gasteiger charge is 2.34. The molecule has 2 N–H and O–H groups in total. The molecule has 0 saturated carbocycles. The van der Waals surface area contributed by atoms with E-state index >= 15 is 0 Å². The number of pyridine rings is 1. The van der Waals surface area contributed by atoms with E-state index in [1.54, 1.807) is 6.20 Å². The van der Waals surface area contributed by atoms with Crippen molar-refractivity contribution >= 4 is 15.9 Å². The first-order chi connectivity index (χ1) is 9.85. The summed E-state index contributed by atoms with van der Waals surface area (Å²) < 4.78 is 24.1. The monoisotopic (exact) mass is 313 g/mol. The van der Waals surface area contributed by atoms with E-state index in [9.17, 15) is 18.3 Å². The normalized spacial score (nSPS) is 22.5.